The van der Waals surface area contributed by atoms with Crippen LogP contribution in [0.4, 0.5) is 5.95 Å². The number of aromatic nitrogens is 2. The van der Waals surface area contributed by atoms with Crippen molar-refractivity contribution >= 4 is 11.9 Å². The molecular weight excluding hydrogens is 206 g/mol. The van der Waals surface area contributed by atoms with Gasteiger partial charge in [0.15, 0.2) is 0 Å². The Morgan fingerprint density at radius 1 is 1.56 bits per heavy atom. The molecule has 0 radical (unpaired) electrons. The summed E-state index contributed by atoms with van der Waals surface area (Å²) in [6.07, 6.45) is 3.62. The SMILES string of the molecule is NCC1CCN(c2ncc(C(N)=O)[nH]2)CC1. The zero-order valence-electron chi connectivity index (χ0n) is 9.15. The van der Waals surface area contributed by atoms with Crippen molar-refractivity contribution in [1.82, 2.24) is 9.97 Å². The first-order valence-electron chi connectivity index (χ1n) is 5.50. The van der Waals surface area contributed by atoms with Crippen LogP contribution in [0.25, 0.3) is 0 Å². The number of primary amides is 1. The summed E-state index contributed by atoms with van der Waals surface area (Å²) in [5.74, 6) is 0.863. The van der Waals surface area contributed by atoms with E-state index in [9.17, 15) is 4.79 Å². The Morgan fingerprint density at radius 3 is 2.75 bits per heavy atom. The molecule has 1 aromatic rings. The molecule has 0 aromatic carbocycles. The molecule has 1 saturated heterocycles. The lowest BCUT2D eigenvalue weighted by Gasteiger charge is -2.31. The number of rotatable bonds is 3. The van der Waals surface area contributed by atoms with E-state index in [0.717, 1.165) is 38.4 Å². The van der Waals surface area contributed by atoms with Crippen molar-refractivity contribution < 1.29 is 4.79 Å². The topological polar surface area (TPSA) is 101 Å². The predicted molar refractivity (Wildman–Crippen MR) is 61.1 cm³/mol. The van der Waals surface area contributed by atoms with E-state index in [0.29, 0.717) is 11.6 Å². The van der Waals surface area contributed by atoms with E-state index >= 15 is 0 Å². The van der Waals surface area contributed by atoms with E-state index in [-0.39, 0.29) is 0 Å². The number of carbonyl (C=O) groups excluding carboxylic acids is 1. The summed E-state index contributed by atoms with van der Waals surface area (Å²) in [6, 6.07) is 0. The van der Waals surface area contributed by atoms with Crippen molar-refractivity contribution in [2.45, 2.75) is 12.8 Å². The summed E-state index contributed by atoms with van der Waals surface area (Å²) in [6.45, 7) is 2.60. The second-order valence-electron chi connectivity index (χ2n) is 4.15. The van der Waals surface area contributed by atoms with Gasteiger partial charge in [-0.2, -0.15) is 0 Å². The Hall–Kier alpha value is -1.56. The molecule has 2 heterocycles. The van der Waals surface area contributed by atoms with Crippen molar-refractivity contribution in [2.75, 3.05) is 24.5 Å². The van der Waals surface area contributed by atoms with Gasteiger partial charge < -0.3 is 21.4 Å². The molecule has 1 aliphatic heterocycles. The van der Waals surface area contributed by atoms with Crippen LogP contribution in [0, 0.1) is 5.92 Å². The van der Waals surface area contributed by atoms with Gasteiger partial charge in [0.25, 0.3) is 5.91 Å². The molecule has 6 nitrogen and oxygen atoms in total. The van der Waals surface area contributed by atoms with Crippen LogP contribution >= 0.6 is 0 Å². The standard InChI is InChI=1S/C10H17N5O/c11-5-7-1-3-15(4-2-7)10-13-6-8(14-10)9(12)16/h6-7H,1-5,11H2,(H2,12,16)(H,13,14). The molecule has 0 aliphatic carbocycles. The fourth-order valence-electron chi connectivity index (χ4n) is 1.98. The van der Waals surface area contributed by atoms with Crippen LogP contribution in [-0.2, 0) is 0 Å². The third kappa shape index (κ3) is 2.16. The van der Waals surface area contributed by atoms with Gasteiger partial charge in [0.2, 0.25) is 5.95 Å². The average molecular weight is 223 g/mol. The van der Waals surface area contributed by atoms with Gasteiger partial charge in [-0.05, 0) is 25.3 Å². The molecule has 6 heteroatoms. The maximum absolute atomic E-state index is 10.9. The summed E-state index contributed by atoms with van der Waals surface area (Å²) in [5.41, 5.74) is 11.1. The van der Waals surface area contributed by atoms with E-state index < -0.39 is 5.91 Å². The Morgan fingerprint density at radius 2 is 2.25 bits per heavy atom. The molecule has 2 rings (SSSR count). The predicted octanol–water partition coefficient (Wildman–Crippen LogP) is -0.316. The van der Waals surface area contributed by atoms with E-state index in [4.69, 9.17) is 11.5 Å². The van der Waals surface area contributed by atoms with Crippen molar-refractivity contribution in [1.29, 1.82) is 0 Å². The van der Waals surface area contributed by atoms with Crippen LogP contribution in [0.5, 0.6) is 0 Å². The average Bonchev–Trinajstić information content (AvgIpc) is 2.78. The highest BCUT2D eigenvalue weighted by Gasteiger charge is 2.20. The fourth-order valence-corrected chi connectivity index (χ4v) is 1.98. The minimum Gasteiger partial charge on any atom is -0.364 e. The number of H-pyrrole nitrogens is 1. The molecule has 1 amide bonds. The van der Waals surface area contributed by atoms with Gasteiger partial charge in [-0.25, -0.2) is 4.98 Å². The number of aromatic amines is 1. The van der Waals surface area contributed by atoms with Crippen molar-refractivity contribution in [3.63, 3.8) is 0 Å². The van der Waals surface area contributed by atoms with Gasteiger partial charge >= 0.3 is 0 Å². The van der Waals surface area contributed by atoms with E-state index in [2.05, 4.69) is 14.9 Å². The number of amides is 1. The highest BCUT2D eigenvalue weighted by Crippen LogP contribution is 2.19. The molecular formula is C10H17N5O. The number of nitrogens with one attached hydrogen (secondary N) is 1. The Kier molecular flexibility index (Phi) is 3.09. The lowest BCUT2D eigenvalue weighted by atomic mass is 9.97. The number of nitrogens with two attached hydrogens (primary N) is 2. The molecule has 16 heavy (non-hydrogen) atoms. The van der Waals surface area contributed by atoms with Crippen molar-refractivity contribution in [3.05, 3.63) is 11.9 Å². The molecule has 0 atom stereocenters. The largest absolute Gasteiger partial charge is 0.364 e. The lowest BCUT2D eigenvalue weighted by Crippen LogP contribution is -2.36. The first-order chi connectivity index (χ1) is 7.70. The molecule has 5 N–H and O–H groups in total. The summed E-state index contributed by atoms with van der Waals surface area (Å²) in [4.78, 5) is 20.1. The van der Waals surface area contributed by atoms with Crippen LogP contribution in [0.3, 0.4) is 0 Å². The Balaban J connectivity index is 2.00. The van der Waals surface area contributed by atoms with Crippen LogP contribution in [0.15, 0.2) is 6.20 Å². The van der Waals surface area contributed by atoms with Crippen molar-refractivity contribution in [3.8, 4) is 0 Å². The lowest BCUT2D eigenvalue weighted by molar-refractivity contribution is 0.0996. The van der Waals surface area contributed by atoms with Crippen LogP contribution in [0.1, 0.15) is 23.3 Å². The van der Waals surface area contributed by atoms with Gasteiger partial charge in [-0.15, -0.1) is 0 Å². The molecule has 0 saturated carbocycles. The second-order valence-corrected chi connectivity index (χ2v) is 4.15. The number of anilines is 1. The Labute approximate surface area is 94.0 Å². The summed E-state index contributed by atoms with van der Waals surface area (Å²) >= 11 is 0. The van der Waals surface area contributed by atoms with Gasteiger partial charge in [0.05, 0.1) is 6.20 Å². The highest BCUT2D eigenvalue weighted by molar-refractivity contribution is 5.90. The number of hydrogen-bond acceptors (Lipinski definition) is 4. The molecule has 0 spiro atoms. The van der Waals surface area contributed by atoms with Gasteiger partial charge in [-0.1, -0.05) is 0 Å². The third-order valence-electron chi connectivity index (χ3n) is 3.08. The quantitative estimate of drug-likeness (QED) is 0.653. The normalized spacial score (nSPS) is 17.7. The number of nitrogens with zero attached hydrogens (tertiary/aromatic N) is 2. The monoisotopic (exact) mass is 223 g/mol. The van der Waals surface area contributed by atoms with E-state index in [1.165, 1.54) is 6.20 Å². The molecule has 1 fully saturated rings. The van der Waals surface area contributed by atoms with Crippen LogP contribution in [-0.4, -0.2) is 35.5 Å². The highest BCUT2D eigenvalue weighted by atomic mass is 16.1. The van der Waals surface area contributed by atoms with Crippen LogP contribution < -0.4 is 16.4 Å². The van der Waals surface area contributed by atoms with E-state index in [1.54, 1.807) is 0 Å². The first kappa shape index (κ1) is 10.9. The molecule has 0 unspecified atom stereocenters. The maximum Gasteiger partial charge on any atom is 0.266 e. The fraction of sp³-hybridized carbons (Fsp3) is 0.600. The summed E-state index contributed by atoms with van der Waals surface area (Å²) < 4.78 is 0. The van der Waals surface area contributed by atoms with E-state index in [1.807, 2.05) is 0 Å². The summed E-state index contributed by atoms with van der Waals surface area (Å²) in [5, 5.41) is 0. The number of carbonyl (C=O) groups is 1. The molecule has 88 valence electrons. The minimum absolute atomic E-state index is 0.357. The first-order valence-corrected chi connectivity index (χ1v) is 5.50. The van der Waals surface area contributed by atoms with Crippen molar-refractivity contribution in [2.24, 2.45) is 17.4 Å². The van der Waals surface area contributed by atoms with Gasteiger partial charge in [-0.3, -0.25) is 4.79 Å². The van der Waals surface area contributed by atoms with Gasteiger partial charge in [0, 0.05) is 13.1 Å². The number of imidazole rings is 1. The summed E-state index contributed by atoms with van der Waals surface area (Å²) in [7, 11) is 0. The smallest absolute Gasteiger partial charge is 0.266 e. The maximum atomic E-state index is 10.9. The van der Waals surface area contributed by atoms with Crippen LogP contribution in [0.2, 0.25) is 0 Å². The zero-order valence-corrected chi connectivity index (χ0v) is 9.15. The molecule has 0 bridgehead atoms. The minimum atomic E-state index is -0.476. The molecule has 1 aliphatic rings. The van der Waals surface area contributed by atoms with Gasteiger partial charge in [0.1, 0.15) is 5.69 Å². The zero-order chi connectivity index (χ0) is 11.5. The Bertz CT molecular complexity index is 367. The third-order valence-corrected chi connectivity index (χ3v) is 3.08. The number of piperidine rings is 1. The molecule has 1 aromatic heterocycles. The second kappa shape index (κ2) is 4.52. The number of hydrogen-bond donors (Lipinski definition) is 3.